The van der Waals surface area contributed by atoms with E-state index in [0.29, 0.717) is 0 Å². The molecule has 3 saturated heterocycles. The van der Waals surface area contributed by atoms with Gasteiger partial charge in [-0.2, -0.15) is 0 Å². The van der Waals surface area contributed by atoms with Gasteiger partial charge in [0.2, 0.25) is 0 Å². The van der Waals surface area contributed by atoms with Crippen LogP contribution in [-0.4, -0.2) is 60.1 Å². The molecule has 4 fully saturated rings. The largest absolute Gasteiger partial charge is 0.311 e. The molecule has 0 amide bonds. The summed E-state index contributed by atoms with van der Waals surface area (Å²) in [5.74, 6) is 1.76. The summed E-state index contributed by atoms with van der Waals surface area (Å²) < 4.78 is 0. The van der Waals surface area contributed by atoms with Crippen LogP contribution < -0.4 is 5.32 Å². The lowest BCUT2D eigenvalue weighted by Gasteiger charge is -2.48. The molecule has 120 valence electrons. The van der Waals surface area contributed by atoms with Gasteiger partial charge in [-0.05, 0) is 50.5 Å². The Bertz CT molecular complexity index is 365. The third-order valence-electron chi connectivity index (χ3n) is 6.63. The second-order valence-electron chi connectivity index (χ2n) is 8.32. The van der Waals surface area contributed by atoms with Crippen LogP contribution in [0.25, 0.3) is 0 Å². The van der Waals surface area contributed by atoms with Gasteiger partial charge in [-0.15, -0.1) is 0 Å². The highest BCUT2D eigenvalue weighted by Crippen LogP contribution is 2.38. The molecule has 21 heavy (non-hydrogen) atoms. The van der Waals surface area contributed by atoms with Gasteiger partial charge in [-0.25, -0.2) is 0 Å². The van der Waals surface area contributed by atoms with E-state index in [1.807, 2.05) is 0 Å². The maximum Gasteiger partial charge on any atom is 0.0268 e. The molecule has 4 aliphatic rings. The van der Waals surface area contributed by atoms with Gasteiger partial charge in [-0.3, -0.25) is 9.80 Å². The predicted molar refractivity (Wildman–Crippen MR) is 87.5 cm³/mol. The van der Waals surface area contributed by atoms with Crippen LogP contribution in [0.3, 0.4) is 0 Å². The SMILES string of the molecule is CC(C)C1CNC(C2CC2)CN1C1CCN2CCCCC12. The topological polar surface area (TPSA) is 18.5 Å². The second-order valence-corrected chi connectivity index (χ2v) is 8.32. The summed E-state index contributed by atoms with van der Waals surface area (Å²) in [6.07, 6.45) is 8.71. The summed E-state index contributed by atoms with van der Waals surface area (Å²) >= 11 is 0. The first-order valence-electron chi connectivity index (χ1n) is 9.47. The van der Waals surface area contributed by atoms with Crippen LogP contribution in [0.5, 0.6) is 0 Å². The van der Waals surface area contributed by atoms with Crippen molar-refractivity contribution in [2.45, 2.75) is 76.5 Å². The first-order chi connectivity index (χ1) is 10.2. The van der Waals surface area contributed by atoms with Crippen LogP contribution in [0.1, 0.15) is 52.4 Å². The minimum Gasteiger partial charge on any atom is -0.311 e. The van der Waals surface area contributed by atoms with Gasteiger partial charge in [0.05, 0.1) is 0 Å². The highest BCUT2D eigenvalue weighted by Gasteiger charge is 2.45. The highest BCUT2D eigenvalue weighted by atomic mass is 15.3. The van der Waals surface area contributed by atoms with Crippen LogP contribution >= 0.6 is 0 Å². The number of nitrogens with one attached hydrogen (secondary N) is 1. The molecule has 0 aromatic heterocycles. The molecule has 0 spiro atoms. The standard InChI is InChI=1S/C18H33N3/c1-13(2)18-11-19-15(14-6-7-14)12-21(18)17-8-10-20-9-4-3-5-16(17)20/h13-19H,3-12H2,1-2H3. The summed E-state index contributed by atoms with van der Waals surface area (Å²) in [6.45, 7) is 10.1. The molecule has 1 N–H and O–H groups in total. The number of piperazine rings is 1. The van der Waals surface area contributed by atoms with Crippen molar-refractivity contribution in [3.63, 3.8) is 0 Å². The van der Waals surface area contributed by atoms with Crippen LogP contribution in [0, 0.1) is 11.8 Å². The minimum atomic E-state index is 0.756. The normalized spacial score (nSPS) is 42.4. The zero-order valence-electron chi connectivity index (χ0n) is 13.9. The highest BCUT2D eigenvalue weighted by molar-refractivity contribution is 5.02. The van der Waals surface area contributed by atoms with Crippen molar-refractivity contribution in [3.8, 4) is 0 Å². The summed E-state index contributed by atoms with van der Waals surface area (Å²) in [6, 6.07) is 3.27. The number of fused-ring (bicyclic) bond motifs is 1. The number of hydrogen-bond acceptors (Lipinski definition) is 3. The van der Waals surface area contributed by atoms with E-state index < -0.39 is 0 Å². The van der Waals surface area contributed by atoms with Gasteiger partial charge < -0.3 is 5.32 Å². The molecule has 0 bridgehead atoms. The number of piperidine rings is 1. The van der Waals surface area contributed by atoms with Gasteiger partial charge in [0.25, 0.3) is 0 Å². The summed E-state index contributed by atoms with van der Waals surface area (Å²) in [5, 5.41) is 3.88. The number of rotatable bonds is 3. The second kappa shape index (κ2) is 5.82. The van der Waals surface area contributed by atoms with Gasteiger partial charge in [-0.1, -0.05) is 20.3 Å². The first kappa shape index (κ1) is 14.5. The average molecular weight is 291 g/mol. The van der Waals surface area contributed by atoms with E-state index in [2.05, 4.69) is 29.0 Å². The summed E-state index contributed by atoms with van der Waals surface area (Å²) in [5.41, 5.74) is 0. The Kier molecular flexibility index (Phi) is 4.01. The van der Waals surface area contributed by atoms with E-state index in [4.69, 9.17) is 0 Å². The van der Waals surface area contributed by atoms with Crippen molar-refractivity contribution in [2.75, 3.05) is 26.2 Å². The smallest absolute Gasteiger partial charge is 0.0268 e. The van der Waals surface area contributed by atoms with Crippen molar-refractivity contribution in [3.05, 3.63) is 0 Å². The molecule has 4 atom stereocenters. The summed E-state index contributed by atoms with van der Waals surface area (Å²) in [4.78, 5) is 5.76. The van der Waals surface area contributed by atoms with Crippen molar-refractivity contribution < 1.29 is 0 Å². The fraction of sp³-hybridized carbons (Fsp3) is 1.00. The maximum absolute atomic E-state index is 3.88. The van der Waals surface area contributed by atoms with Gasteiger partial charge in [0.15, 0.2) is 0 Å². The van der Waals surface area contributed by atoms with Crippen molar-refractivity contribution in [2.24, 2.45) is 11.8 Å². The third-order valence-corrected chi connectivity index (χ3v) is 6.63. The van der Waals surface area contributed by atoms with E-state index in [1.54, 1.807) is 0 Å². The molecular formula is C18H33N3. The lowest BCUT2D eigenvalue weighted by Crippen LogP contribution is -2.63. The zero-order chi connectivity index (χ0) is 14.4. The fourth-order valence-electron chi connectivity index (χ4n) is 5.24. The molecular weight excluding hydrogens is 258 g/mol. The van der Waals surface area contributed by atoms with E-state index in [-0.39, 0.29) is 0 Å². The lowest BCUT2D eigenvalue weighted by molar-refractivity contribution is 0.0266. The Labute approximate surface area is 130 Å². The quantitative estimate of drug-likeness (QED) is 0.861. The first-order valence-corrected chi connectivity index (χ1v) is 9.47. The zero-order valence-corrected chi connectivity index (χ0v) is 13.9. The van der Waals surface area contributed by atoms with Crippen LogP contribution in [0.4, 0.5) is 0 Å². The molecule has 0 aromatic rings. The third kappa shape index (κ3) is 2.77. The van der Waals surface area contributed by atoms with Gasteiger partial charge >= 0.3 is 0 Å². The van der Waals surface area contributed by atoms with Crippen LogP contribution in [-0.2, 0) is 0 Å². The van der Waals surface area contributed by atoms with Crippen molar-refractivity contribution in [1.29, 1.82) is 0 Å². The number of hydrogen-bond donors (Lipinski definition) is 1. The maximum atomic E-state index is 3.88. The summed E-state index contributed by atoms with van der Waals surface area (Å²) in [7, 11) is 0. The molecule has 1 aliphatic carbocycles. The van der Waals surface area contributed by atoms with E-state index >= 15 is 0 Å². The van der Waals surface area contributed by atoms with E-state index in [9.17, 15) is 0 Å². The Balaban J connectivity index is 1.51. The molecule has 4 rings (SSSR count). The molecule has 3 heterocycles. The molecule has 4 unspecified atom stereocenters. The van der Waals surface area contributed by atoms with Crippen molar-refractivity contribution in [1.82, 2.24) is 15.1 Å². The number of nitrogens with zero attached hydrogens (tertiary/aromatic N) is 2. The van der Waals surface area contributed by atoms with Gasteiger partial charge in [0, 0.05) is 43.8 Å². The van der Waals surface area contributed by atoms with Crippen LogP contribution in [0.2, 0.25) is 0 Å². The van der Waals surface area contributed by atoms with E-state index in [0.717, 1.165) is 36.0 Å². The molecule has 3 aliphatic heterocycles. The monoisotopic (exact) mass is 291 g/mol. The molecule has 0 aromatic carbocycles. The Morgan fingerprint density at radius 3 is 2.57 bits per heavy atom. The Hall–Kier alpha value is -0.120. The fourth-order valence-corrected chi connectivity index (χ4v) is 5.24. The molecule has 1 saturated carbocycles. The molecule has 3 heteroatoms. The lowest BCUT2D eigenvalue weighted by atomic mass is 9.90. The minimum absolute atomic E-state index is 0.756. The van der Waals surface area contributed by atoms with Crippen molar-refractivity contribution >= 4 is 0 Å². The van der Waals surface area contributed by atoms with E-state index in [1.165, 1.54) is 64.7 Å². The Morgan fingerprint density at radius 1 is 0.952 bits per heavy atom. The Morgan fingerprint density at radius 2 is 1.81 bits per heavy atom. The van der Waals surface area contributed by atoms with Crippen LogP contribution in [0.15, 0.2) is 0 Å². The van der Waals surface area contributed by atoms with Gasteiger partial charge in [0.1, 0.15) is 0 Å². The molecule has 3 nitrogen and oxygen atoms in total. The average Bonchev–Trinajstić information content (AvgIpc) is 3.26. The molecule has 0 radical (unpaired) electrons. The predicted octanol–water partition coefficient (Wildman–Crippen LogP) is 2.32.